The van der Waals surface area contributed by atoms with E-state index in [2.05, 4.69) is 54.0 Å². The highest BCUT2D eigenvalue weighted by atomic mass is 79.9. The molecule has 0 aliphatic rings. The fraction of sp³-hybridized carbons (Fsp3) is 0.250. The van der Waals surface area contributed by atoms with Crippen LogP contribution in [0.4, 0.5) is 5.69 Å². The van der Waals surface area contributed by atoms with Crippen LogP contribution in [0, 0.1) is 5.92 Å². The van der Waals surface area contributed by atoms with E-state index in [0.29, 0.717) is 5.92 Å². The summed E-state index contributed by atoms with van der Waals surface area (Å²) in [5, 5.41) is 0. The predicted octanol–water partition coefficient (Wildman–Crippen LogP) is 4.90. The van der Waals surface area contributed by atoms with Crippen LogP contribution in [-0.2, 0) is 6.42 Å². The smallest absolute Gasteiger partial charge is 0.0393 e. The molecule has 0 aliphatic heterocycles. The zero-order valence-corrected chi connectivity index (χ0v) is 12.4. The molecule has 94 valence electrons. The molecule has 0 fully saturated rings. The van der Waals surface area contributed by atoms with Crippen molar-refractivity contribution in [3.8, 4) is 11.1 Å². The Bertz CT molecular complexity index is 529. The van der Waals surface area contributed by atoms with Gasteiger partial charge in [0, 0.05) is 15.7 Å². The molecular formula is C16H18BrN. The molecule has 2 rings (SSSR count). The highest BCUT2D eigenvalue weighted by molar-refractivity contribution is 9.10. The lowest BCUT2D eigenvalue weighted by Gasteiger charge is -2.10. The van der Waals surface area contributed by atoms with Gasteiger partial charge in [0.2, 0.25) is 0 Å². The number of nitrogen functional groups attached to an aromatic ring is 1. The minimum Gasteiger partial charge on any atom is -0.398 e. The predicted molar refractivity (Wildman–Crippen MR) is 82.5 cm³/mol. The monoisotopic (exact) mass is 303 g/mol. The number of rotatable bonds is 3. The van der Waals surface area contributed by atoms with E-state index < -0.39 is 0 Å². The Morgan fingerprint density at radius 2 is 1.72 bits per heavy atom. The van der Waals surface area contributed by atoms with Crippen molar-refractivity contribution in [2.45, 2.75) is 20.3 Å². The van der Waals surface area contributed by atoms with E-state index in [4.69, 9.17) is 5.73 Å². The Kier molecular flexibility index (Phi) is 4.07. The first-order valence-electron chi connectivity index (χ1n) is 6.20. The molecule has 0 saturated heterocycles. The molecule has 0 spiro atoms. The highest BCUT2D eigenvalue weighted by Crippen LogP contribution is 2.28. The van der Waals surface area contributed by atoms with E-state index in [-0.39, 0.29) is 0 Å². The Balaban J connectivity index is 2.39. The maximum Gasteiger partial charge on any atom is 0.0393 e. The fourth-order valence-corrected chi connectivity index (χ4v) is 2.35. The maximum absolute atomic E-state index is 6.08. The first kappa shape index (κ1) is 13.2. The molecule has 18 heavy (non-hydrogen) atoms. The van der Waals surface area contributed by atoms with Crippen LogP contribution in [0.2, 0.25) is 0 Å². The van der Waals surface area contributed by atoms with E-state index in [1.807, 2.05) is 18.2 Å². The minimum absolute atomic E-state index is 0.659. The van der Waals surface area contributed by atoms with Gasteiger partial charge in [0.05, 0.1) is 0 Å². The first-order valence-corrected chi connectivity index (χ1v) is 7.00. The summed E-state index contributed by atoms with van der Waals surface area (Å²) in [5.41, 5.74) is 10.6. The molecule has 0 amide bonds. The summed E-state index contributed by atoms with van der Waals surface area (Å²) in [5.74, 6) is 0.659. The van der Waals surface area contributed by atoms with Crippen LogP contribution in [0.15, 0.2) is 46.9 Å². The zero-order valence-electron chi connectivity index (χ0n) is 10.8. The Hall–Kier alpha value is -1.28. The van der Waals surface area contributed by atoms with E-state index in [0.717, 1.165) is 22.1 Å². The molecule has 1 nitrogen and oxygen atoms in total. The van der Waals surface area contributed by atoms with Gasteiger partial charge in [-0.1, -0.05) is 48.0 Å². The van der Waals surface area contributed by atoms with Crippen molar-refractivity contribution in [3.63, 3.8) is 0 Å². The first-order chi connectivity index (χ1) is 8.56. The highest BCUT2D eigenvalue weighted by Gasteiger charge is 2.05. The summed E-state index contributed by atoms with van der Waals surface area (Å²) in [7, 11) is 0. The molecule has 0 radical (unpaired) electrons. The average molecular weight is 304 g/mol. The van der Waals surface area contributed by atoms with Crippen LogP contribution in [0.1, 0.15) is 19.4 Å². The quantitative estimate of drug-likeness (QED) is 0.802. The molecule has 0 heterocycles. The maximum atomic E-state index is 6.08. The van der Waals surface area contributed by atoms with Gasteiger partial charge in [-0.2, -0.15) is 0 Å². The second-order valence-electron chi connectivity index (χ2n) is 5.03. The normalized spacial score (nSPS) is 10.9. The third kappa shape index (κ3) is 3.14. The van der Waals surface area contributed by atoms with Crippen molar-refractivity contribution < 1.29 is 0 Å². The van der Waals surface area contributed by atoms with Crippen molar-refractivity contribution in [2.75, 3.05) is 5.73 Å². The van der Waals surface area contributed by atoms with Gasteiger partial charge < -0.3 is 5.73 Å². The minimum atomic E-state index is 0.659. The third-order valence-corrected chi connectivity index (χ3v) is 3.45. The number of benzene rings is 2. The molecule has 2 N–H and O–H groups in total. The van der Waals surface area contributed by atoms with Gasteiger partial charge in [-0.15, -0.1) is 0 Å². The van der Waals surface area contributed by atoms with Gasteiger partial charge in [-0.3, -0.25) is 0 Å². The van der Waals surface area contributed by atoms with Gasteiger partial charge >= 0.3 is 0 Å². The van der Waals surface area contributed by atoms with Gasteiger partial charge in [-0.05, 0) is 47.7 Å². The number of hydrogen-bond acceptors (Lipinski definition) is 1. The number of nitrogens with two attached hydrogens (primary N) is 1. The van der Waals surface area contributed by atoms with Crippen LogP contribution in [-0.4, -0.2) is 0 Å². The summed E-state index contributed by atoms with van der Waals surface area (Å²) < 4.78 is 1.09. The summed E-state index contributed by atoms with van der Waals surface area (Å²) in [6, 6.07) is 14.6. The standard InChI is InChI=1S/C16H18BrN/c1-11(2)9-12-3-8-16(18)15(10-12)13-4-6-14(17)7-5-13/h3-8,10-11H,9,18H2,1-2H3. The van der Waals surface area contributed by atoms with Crippen molar-refractivity contribution in [1.29, 1.82) is 0 Å². The van der Waals surface area contributed by atoms with E-state index in [1.165, 1.54) is 11.1 Å². The second-order valence-corrected chi connectivity index (χ2v) is 5.94. The van der Waals surface area contributed by atoms with Gasteiger partial charge in [0.25, 0.3) is 0 Å². The van der Waals surface area contributed by atoms with E-state index in [1.54, 1.807) is 0 Å². The lowest BCUT2D eigenvalue weighted by Crippen LogP contribution is -1.97. The van der Waals surface area contributed by atoms with Gasteiger partial charge in [-0.25, -0.2) is 0 Å². The van der Waals surface area contributed by atoms with Crippen LogP contribution in [0.3, 0.4) is 0 Å². The van der Waals surface area contributed by atoms with Crippen LogP contribution in [0.5, 0.6) is 0 Å². The van der Waals surface area contributed by atoms with E-state index >= 15 is 0 Å². The van der Waals surface area contributed by atoms with Crippen molar-refractivity contribution >= 4 is 21.6 Å². The molecular weight excluding hydrogens is 286 g/mol. The number of hydrogen-bond donors (Lipinski definition) is 1. The van der Waals surface area contributed by atoms with Crippen LogP contribution in [0.25, 0.3) is 11.1 Å². The molecule has 0 saturated carbocycles. The van der Waals surface area contributed by atoms with Crippen molar-refractivity contribution in [2.24, 2.45) is 5.92 Å². The fourth-order valence-electron chi connectivity index (χ4n) is 2.08. The second kappa shape index (κ2) is 5.57. The number of halogens is 1. The van der Waals surface area contributed by atoms with Crippen LogP contribution < -0.4 is 5.73 Å². The van der Waals surface area contributed by atoms with Crippen molar-refractivity contribution in [1.82, 2.24) is 0 Å². The van der Waals surface area contributed by atoms with E-state index in [9.17, 15) is 0 Å². The van der Waals surface area contributed by atoms with Gasteiger partial charge in [0.1, 0.15) is 0 Å². The Morgan fingerprint density at radius 1 is 1.06 bits per heavy atom. The molecule has 0 atom stereocenters. The van der Waals surface area contributed by atoms with Crippen LogP contribution >= 0.6 is 15.9 Å². The Labute approximate surface area is 117 Å². The third-order valence-electron chi connectivity index (χ3n) is 2.92. The molecule has 0 aromatic heterocycles. The summed E-state index contributed by atoms with van der Waals surface area (Å²) >= 11 is 3.45. The summed E-state index contributed by atoms with van der Waals surface area (Å²) in [6.45, 7) is 4.46. The molecule has 0 bridgehead atoms. The molecule has 2 heteroatoms. The molecule has 0 unspecified atom stereocenters. The lowest BCUT2D eigenvalue weighted by atomic mass is 9.97. The van der Waals surface area contributed by atoms with Gasteiger partial charge in [0.15, 0.2) is 0 Å². The largest absolute Gasteiger partial charge is 0.398 e. The molecule has 2 aromatic rings. The average Bonchev–Trinajstić information content (AvgIpc) is 2.32. The Morgan fingerprint density at radius 3 is 2.33 bits per heavy atom. The molecule has 0 aliphatic carbocycles. The summed E-state index contributed by atoms with van der Waals surface area (Å²) in [4.78, 5) is 0. The zero-order chi connectivity index (χ0) is 13.1. The lowest BCUT2D eigenvalue weighted by molar-refractivity contribution is 0.647. The van der Waals surface area contributed by atoms with Crippen molar-refractivity contribution in [3.05, 3.63) is 52.5 Å². The SMILES string of the molecule is CC(C)Cc1ccc(N)c(-c2ccc(Br)cc2)c1. The summed E-state index contributed by atoms with van der Waals surface area (Å²) in [6.07, 6.45) is 1.09. The molecule has 2 aromatic carbocycles. The topological polar surface area (TPSA) is 26.0 Å². The number of anilines is 1.